The molecular weight excluding hydrogens is 328 g/mol. The Hall–Kier alpha value is -0.880. The lowest BCUT2D eigenvalue weighted by molar-refractivity contribution is 0.543. The molecule has 0 spiro atoms. The van der Waals surface area contributed by atoms with Gasteiger partial charge in [0.2, 0.25) is 0 Å². The van der Waals surface area contributed by atoms with Crippen LogP contribution < -0.4 is 11.3 Å². The summed E-state index contributed by atoms with van der Waals surface area (Å²) in [7, 11) is 0. The van der Waals surface area contributed by atoms with E-state index in [-0.39, 0.29) is 6.04 Å². The molecule has 0 aliphatic heterocycles. The summed E-state index contributed by atoms with van der Waals surface area (Å²) in [5.74, 6) is 5.71. The molecule has 0 aliphatic carbocycles. The second-order valence-electron chi connectivity index (χ2n) is 4.30. The SMILES string of the molecule is CCn1ncc(Cl)c1C(NN)c1ccc(C)c(Br)c1. The Morgan fingerprint density at radius 2 is 2.26 bits per heavy atom. The molecule has 1 unspecified atom stereocenters. The van der Waals surface area contributed by atoms with Crippen molar-refractivity contribution in [3.05, 3.63) is 50.7 Å². The Morgan fingerprint density at radius 3 is 2.84 bits per heavy atom. The molecule has 19 heavy (non-hydrogen) atoms. The summed E-state index contributed by atoms with van der Waals surface area (Å²) in [4.78, 5) is 0. The number of aryl methyl sites for hydroxylation is 2. The number of hydrazine groups is 1. The summed E-state index contributed by atoms with van der Waals surface area (Å²) in [6.07, 6.45) is 1.65. The quantitative estimate of drug-likeness (QED) is 0.662. The van der Waals surface area contributed by atoms with Gasteiger partial charge in [0.1, 0.15) is 0 Å². The van der Waals surface area contributed by atoms with Crippen molar-refractivity contribution < 1.29 is 0 Å². The predicted molar refractivity (Wildman–Crippen MR) is 81.0 cm³/mol. The van der Waals surface area contributed by atoms with Gasteiger partial charge >= 0.3 is 0 Å². The minimum Gasteiger partial charge on any atom is -0.271 e. The van der Waals surface area contributed by atoms with Crippen molar-refractivity contribution >= 4 is 27.5 Å². The highest BCUT2D eigenvalue weighted by molar-refractivity contribution is 9.10. The summed E-state index contributed by atoms with van der Waals surface area (Å²) >= 11 is 9.76. The van der Waals surface area contributed by atoms with E-state index in [0.717, 1.165) is 22.3 Å². The molecule has 0 saturated carbocycles. The van der Waals surface area contributed by atoms with Crippen LogP contribution in [-0.2, 0) is 6.54 Å². The lowest BCUT2D eigenvalue weighted by atomic mass is 10.0. The molecule has 102 valence electrons. The zero-order chi connectivity index (χ0) is 14.0. The normalized spacial score (nSPS) is 12.7. The Labute approximate surface area is 126 Å². The van der Waals surface area contributed by atoms with Crippen LogP contribution in [0.25, 0.3) is 0 Å². The maximum atomic E-state index is 6.23. The van der Waals surface area contributed by atoms with Gasteiger partial charge in [-0.15, -0.1) is 0 Å². The van der Waals surface area contributed by atoms with Crippen molar-refractivity contribution in [2.24, 2.45) is 5.84 Å². The van der Waals surface area contributed by atoms with Crippen molar-refractivity contribution in [2.45, 2.75) is 26.4 Å². The Kier molecular flexibility index (Phi) is 4.62. The van der Waals surface area contributed by atoms with Crippen LogP contribution in [0.4, 0.5) is 0 Å². The molecule has 0 amide bonds. The standard InChI is InChI=1S/C13H16BrClN4/c1-3-19-13(11(15)7-17-19)12(18-16)9-5-4-8(2)10(14)6-9/h4-7,12,18H,3,16H2,1-2H3. The number of nitrogens with zero attached hydrogens (tertiary/aromatic N) is 2. The topological polar surface area (TPSA) is 55.9 Å². The van der Waals surface area contributed by atoms with Gasteiger partial charge in [0.25, 0.3) is 0 Å². The first-order valence-corrected chi connectivity index (χ1v) is 7.19. The average Bonchev–Trinajstić information content (AvgIpc) is 2.76. The third kappa shape index (κ3) is 2.84. The second kappa shape index (κ2) is 6.05. The monoisotopic (exact) mass is 342 g/mol. The number of hydrogen-bond acceptors (Lipinski definition) is 3. The highest BCUT2D eigenvalue weighted by atomic mass is 79.9. The van der Waals surface area contributed by atoms with Crippen LogP contribution >= 0.6 is 27.5 Å². The fourth-order valence-corrected chi connectivity index (χ4v) is 2.68. The van der Waals surface area contributed by atoms with E-state index in [2.05, 4.69) is 26.5 Å². The van der Waals surface area contributed by atoms with Crippen molar-refractivity contribution in [3.63, 3.8) is 0 Å². The van der Waals surface area contributed by atoms with Gasteiger partial charge in [-0.2, -0.15) is 5.10 Å². The number of benzene rings is 1. The van der Waals surface area contributed by atoms with E-state index in [4.69, 9.17) is 17.4 Å². The molecule has 6 heteroatoms. The number of rotatable bonds is 4. The van der Waals surface area contributed by atoms with E-state index in [1.807, 2.05) is 36.7 Å². The fourth-order valence-electron chi connectivity index (χ4n) is 2.03. The average molecular weight is 344 g/mol. The lowest BCUT2D eigenvalue weighted by Gasteiger charge is -2.19. The van der Waals surface area contributed by atoms with Crippen LogP contribution in [0.5, 0.6) is 0 Å². The van der Waals surface area contributed by atoms with Crippen LogP contribution in [0.3, 0.4) is 0 Å². The van der Waals surface area contributed by atoms with Crippen molar-refractivity contribution in [2.75, 3.05) is 0 Å². The van der Waals surface area contributed by atoms with E-state index in [1.54, 1.807) is 6.20 Å². The zero-order valence-electron chi connectivity index (χ0n) is 10.8. The van der Waals surface area contributed by atoms with Gasteiger partial charge in [-0.05, 0) is 31.0 Å². The molecule has 2 rings (SSSR count). The fraction of sp³-hybridized carbons (Fsp3) is 0.308. The van der Waals surface area contributed by atoms with E-state index in [1.165, 1.54) is 5.56 Å². The molecule has 1 aromatic heterocycles. The van der Waals surface area contributed by atoms with Crippen molar-refractivity contribution in [1.29, 1.82) is 0 Å². The summed E-state index contributed by atoms with van der Waals surface area (Å²) in [5.41, 5.74) is 5.91. The van der Waals surface area contributed by atoms with E-state index in [9.17, 15) is 0 Å². The highest BCUT2D eigenvalue weighted by Gasteiger charge is 2.21. The van der Waals surface area contributed by atoms with Gasteiger partial charge in [0.05, 0.1) is 23.0 Å². The van der Waals surface area contributed by atoms with Crippen LogP contribution in [0.2, 0.25) is 5.02 Å². The number of halogens is 2. The molecule has 0 bridgehead atoms. The van der Waals surface area contributed by atoms with Crippen molar-refractivity contribution in [1.82, 2.24) is 15.2 Å². The van der Waals surface area contributed by atoms with Gasteiger partial charge in [-0.1, -0.05) is 39.7 Å². The molecule has 0 radical (unpaired) electrons. The molecule has 0 saturated heterocycles. The lowest BCUT2D eigenvalue weighted by Crippen LogP contribution is -2.31. The second-order valence-corrected chi connectivity index (χ2v) is 5.56. The van der Waals surface area contributed by atoms with E-state index < -0.39 is 0 Å². The first-order valence-electron chi connectivity index (χ1n) is 6.01. The zero-order valence-corrected chi connectivity index (χ0v) is 13.2. The maximum absolute atomic E-state index is 6.23. The van der Waals surface area contributed by atoms with Gasteiger partial charge in [0.15, 0.2) is 0 Å². The smallest absolute Gasteiger partial charge is 0.0893 e. The number of nitrogens with two attached hydrogens (primary N) is 1. The minimum absolute atomic E-state index is 0.188. The third-order valence-corrected chi connectivity index (χ3v) is 4.25. The molecule has 1 heterocycles. The molecule has 1 aromatic carbocycles. The van der Waals surface area contributed by atoms with Crippen LogP contribution in [-0.4, -0.2) is 9.78 Å². The minimum atomic E-state index is -0.188. The van der Waals surface area contributed by atoms with Gasteiger partial charge < -0.3 is 0 Å². The largest absolute Gasteiger partial charge is 0.271 e. The third-order valence-electron chi connectivity index (χ3n) is 3.10. The summed E-state index contributed by atoms with van der Waals surface area (Å²) < 4.78 is 2.89. The summed E-state index contributed by atoms with van der Waals surface area (Å²) in [6.45, 7) is 4.81. The molecule has 4 nitrogen and oxygen atoms in total. The Bertz CT molecular complexity index is 582. The first-order chi connectivity index (χ1) is 9.08. The molecular formula is C13H16BrClN4. The molecule has 1 atom stereocenters. The Morgan fingerprint density at radius 1 is 1.53 bits per heavy atom. The number of aromatic nitrogens is 2. The van der Waals surface area contributed by atoms with Gasteiger partial charge in [-0.25, -0.2) is 5.43 Å². The van der Waals surface area contributed by atoms with Crippen molar-refractivity contribution in [3.8, 4) is 0 Å². The molecule has 2 aromatic rings. The van der Waals surface area contributed by atoms with E-state index in [0.29, 0.717) is 5.02 Å². The molecule has 0 fully saturated rings. The summed E-state index contributed by atoms with van der Waals surface area (Å²) in [6, 6.07) is 5.94. The van der Waals surface area contributed by atoms with Crippen LogP contribution in [0, 0.1) is 6.92 Å². The Balaban J connectivity index is 2.49. The predicted octanol–water partition coefficient (Wildman–Crippen LogP) is 3.18. The van der Waals surface area contributed by atoms with Gasteiger partial charge in [0, 0.05) is 11.0 Å². The molecule has 0 aliphatic rings. The first kappa shape index (κ1) is 14.5. The number of hydrogen-bond donors (Lipinski definition) is 2. The highest BCUT2D eigenvalue weighted by Crippen LogP contribution is 2.30. The van der Waals surface area contributed by atoms with Crippen LogP contribution in [0.15, 0.2) is 28.9 Å². The number of nitrogens with one attached hydrogen (secondary N) is 1. The van der Waals surface area contributed by atoms with E-state index >= 15 is 0 Å². The van der Waals surface area contributed by atoms with Crippen LogP contribution in [0.1, 0.15) is 29.8 Å². The molecule has 3 N–H and O–H groups in total. The van der Waals surface area contributed by atoms with Gasteiger partial charge in [-0.3, -0.25) is 10.5 Å². The summed E-state index contributed by atoms with van der Waals surface area (Å²) in [5, 5.41) is 4.86. The maximum Gasteiger partial charge on any atom is 0.0893 e.